The zero-order valence-electron chi connectivity index (χ0n) is 22.8. The first-order chi connectivity index (χ1) is 20.1. The highest BCUT2D eigenvalue weighted by Crippen LogP contribution is 2.43. The molecule has 0 radical (unpaired) electrons. The number of benzene rings is 2. The van der Waals surface area contributed by atoms with Crippen LogP contribution in [0.3, 0.4) is 0 Å². The van der Waals surface area contributed by atoms with E-state index in [-0.39, 0.29) is 34.6 Å². The van der Waals surface area contributed by atoms with E-state index in [9.17, 15) is 28.2 Å². The van der Waals surface area contributed by atoms with Gasteiger partial charge in [0.2, 0.25) is 20.4 Å². The molecule has 2 fully saturated rings. The van der Waals surface area contributed by atoms with Crippen LogP contribution in [0.25, 0.3) is 21.9 Å². The Hall–Kier alpha value is -4.01. The van der Waals surface area contributed by atoms with Crippen molar-refractivity contribution in [3.63, 3.8) is 0 Å². The number of H-pyrrole nitrogens is 1. The smallest absolute Gasteiger partial charge is 0.341 e. The summed E-state index contributed by atoms with van der Waals surface area (Å²) in [5.74, 6) is -2.41. The van der Waals surface area contributed by atoms with Gasteiger partial charge in [-0.25, -0.2) is 22.6 Å². The van der Waals surface area contributed by atoms with Gasteiger partial charge in [-0.1, -0.05) is 12.1 Å². The summed E-state index contributed by atoms with van der Waals surface area (Å²) in [5, 5.41) is 19.9. The quantitative estimate of drug-likeness (QED) is 0.260. The van der Waals surface area contributed by atoms with Crippen LogP contribution in [-0.2, 0) is 9.84 Å². The SMILES string of the molecule is COc1c(N2CCN(CC(O)CS(=O)(=O)c3nc4ccccc4[nH]3)CC2)c(F)cc2c(=O)c(C(=O)O)cn(C3CC3)c12. The molecule has 12 nitrogen and oxygen atoms in total. The molecule has 1 unspecified atom stereocenters. The molecule has 0 spiro atoms. The maximum Gasteiger partial charge on any atom is 0.341 e. The number of halogens is 1. The number of anilines is 1. The monoisotopic (exact) mass is 599 g/mol. The second kappa shape index (κ2) is 10.7. The molecule has 2 aliphatic rings. The highest BCUT2D eigenvalue weighted by atomic mass is 32.2. The second-order valence-electron chi connectivity index (χ2n) is 10.7. The molecule has 3 heterocycles. The minimum absolute atomic E-state index is 0.00686. The summed E-state index contributed by atoms with van der Waals surface area (Å²) in [5.41, 5.74) is 0.464. The number of carbonyl (C=O) groups is 1. The maximum absolute atomic E-state index is 15.6. The first kappa shape index (κ1) is 28.1. The van der Waals surface area contributed by atoms with Crippen LogP contribution in [0.2, 0.25) is 0 Å². The van der Waals surface area contributed by atoms with Crippen LogP contribution in [0.4, 0.5) is 10.1 Å². The Kier molecular flexibility index (Phi) is 7.15. The van der Waals surface area contributed by atoms with Gasteiger partial charge in [0.25, 0.3) is 0 Å². The van der Waals surface area contributed by atoms with Crippen LogP contribution >= 0.6 is 0 Å². The van der Waals surface area contributed by atoms with Crippen LogP contribution in [0.15, 0.2) is 46.5 Å². The first-order valence-electron chi connectivity index (χ1n) is 13.6. The predicted molar refractivity (Wildman–Crippen MR) is 153 cm³/mol. The third kappa shape index (κ3) is 5.10. The molecule has 14 heteroatoms. The zero-order valence-corrected chi connectivity index (χ0v) is 23.6. The van der Waals surface area contributed by atoms with Crippen molar-refractivity contribution >= 4 is 43.4 Å². The molecule has 1 aliphatic heterocycles. The number of imidazole rings is 1. The molecule has 0 bridgehead atoms. The van der Waals surface area contributed by atoms with Crippen LogP contribution in [0, 0.1) is 5.82 Å². The highest BCUT2D eigenvalue weighted by Gasteiger charge is 2.33. The van der Waals surface area contributed by atoms with Gasteiger partial charge in [0.15, 0.2) is 11.6 Å². The van der Waals surface area contributed by atoms with Gasteiger partial charge in [0, 0.05) is 45.0 Å². The molecule has 42 heavy (non-hydrogen) atoms. The van der Waals surface area contributed by atoms with Crippen molar-refractivity contribution in [2.45, 2.75) is 30.1 Å². The highest BCUT2D eigenvalue weighted by molar-refractivity contribution is 7.91. The molecule has 0 amide bonds. The summed E-state index contributed by atoms with van der Waals surface area (Å²) in [6, 6.07) is 8.03. The molecule has 222 valence electrons. The number of carboxylic acid groups (broad SMARTS) is 1. The van der Waals surface area contributed by atoms with Gasteiger partial charge in [0.1, 0.15) is 11.3 Å². The van der Waals surface area contributed by atoms with E-state index < -0.39 is 44.5 Å². The lowest BCUT2D eigenvalue weighted by atomic mass is 10.1. The molecular weight excluding hydrogens is 569 g/mol. The van der Waals surface area contributed by atoms with E-state index in [0.717, 1.165) is 18.9 Å². The maximum atomic E-state index is 15.6. The normalized spacial score (nSPS) is 17.2. The molecular formula is C28H30FN5O7S. The summed E-state index contributed by atoms with van der Waals surface area (Å²) < 4.78 is 48.7. The molecule has 1 aliphatic carbocycles. The molecule has 3 N–H and O–H groups in total. The number of piperazine rings is 1. The molecule has 1 saturated heterocycles. The number of para-hydroxylation sites is 2. The van der Waals surface area contributed by atoms with Crippen molar-refractivity contribution in [1.82, 2.24) is 19.4 Å². The van der Waals surface area contributed by atoms with E-state index in [1.54, 1.807) is 33.7 Å². The Bertz CT molecular complexity index is 1830. The van der Waals surface area contributed by atoms with Crippen molar-refractivity contribution in [2.75, 3.05) is 50.5 Å². The predicted octanol–water partition coefficient (Wildman–Crippen LogP) is 2.02. The number of nitrogens with one attached hydrogen (secondary N) is 1. The Balaban J connectivity index is 1.19. The number of sulfone groups is 1. The fourth-order valence-electron chi connectivity index (χ4n) is 5.64. The molecule has 6 rings (SSSR count). The number of hydrogen-bond donors (Lipinski definition) is 3. The van der Waals surface area contributed by atoms with Gasteiger partial charge in [-0.05, 0) is 31.0 Å². The topological polar surface area (TPSA) is 158 Å². The number of aliphatic hydroxyl groups is 1. The van der Waals surface area contributed by atoms with Crippen molar-refractivity contribution in [3.8, 4) is 5.75 Å². The first-order valence-corrected chi connectivity index (χ1v) is 15.2. The minimum Gasteiger partial charge on any atom is -0.492 e. The Morgan fingerprint density at radius 2 is 1.93 bits per heavy atom. The number of aromatic amines is 1. The number of pyridine rings is 1. The Labute approximate surface area is 239 Å². The average Bonchev–Trinajstić information content (AvgIpc) is 3.69. The second-order valence-corrected chi connectivity index (χ2v) is 12.7. The zero-order chi connectivity index (χ0) is 29.8. The molecule has 4 aromatic rings. The van der Waals surface area contributed by atoms with Gasteiger partial charge < -0.3 is 29.4 Å². The number of rotatable bonds is 9. The molecule has 1 atom stereocenters. The Morgan fingerprint density at radius 3 is 2.57 bits per heavy atom. The average molecular weight is 600 g/mol. The third-order valence-corrected chi connectivity index (χ3v) is 9.41. The van der Waals surface area contributed by atoms with Crippen molar-refractivity contribution in [3.05, 3.63) is 58.1 Å². The van der Waals surface area contributed by atoms with Gasteiger partial charge in [-0.2, -0.15) is 0 Å². The van der Waals surface area contributed by atoms with E-state index in [4.69, 9.17) is 4.74 Å². The standard InChI is InChI=1S/C28H30FN5O7S/c1-41-26-23-18(25(36)19(27(37)38)14-34(23)16-6-7-16)12-20(29)24(26)33-10-8-32(9-11-33)13-17(35)15-42(39,40)28-30-21-4-2-3-5-22(21)31-28/h2-5,12,14,16-17,35H,6-11,13,15H2,1H3,(H,30,31)(H,37,38). The number of nitrogens with zero attached hydrogens (tertiary/aromatic N) is 4. The lowest BCUT2D eigenvalue weighted by Crippen LogP contribution is -2.49. The van der Waals surface area contributed by atoms with Crippen LogP contribution in [0.5, 0.6) is 5.75 Å². The number of aliphatic hydroxyl groups excluding tert-OH is 1. The molecule has 1 saturated carbocycles. The van der Waals surface area contributed by atoms with E-state index in [0.29, 0.717) is 42.7 Å². The fraction of sp³-hybridized carbons (Fsp3) is 0.393. The summed E-state index contributed by atoms with van der Waals surface area (Å²) in [7, 11) is -2.48. The number of aromatic nitrogens is 3. The van der Waals surface area contributed by atoms with Crippen molar-refractivity contribution in [1.29, 1.82) is 0 Å². The number of hydrogen-bond acceptors (Lipinski definition) is 9. The van der Waals surface area contributed by atoms with Gasteiger partial charge in [-0.3, -0.25) is 9.69 Å². The van der Waals surface area contributed by atoms with Crippen LogP contribution in [0.1, 0.15) is 29.2 Å². The lowest BCUT2D eigenvalue weighted by molar-refractivity contribution is 0.0694. The number of methoxy groups -OCH3 is 1. The number of β-amino-alcohol motifs (C(OH)–C–C–N with tert-alkyl or cyclic N) is 1. The van der Waals surface area contributed by atoms with Crippen LogP contribution < -0.4 is 15.1 Å². The van der Waals surface area contributed by atoms with Crippen molar-refractivity contribution in [2.24, 2.45) is 0 Å². The van der Waals surface area contributed by atoms with Gasteiger partial charge in [-0.15, -0.1) is 0 Å². The van der Waals surface area contributed by atoms with Crippen LogP contribution in [-0.4, -0.2) is 95.7 Å². The summed E-state index contributed by atoms with van der Waals surface area (Å²) >= 11 is 0. The molecule has 2 aromatic carbocycles. The number of aromatic carboxylic acids is 1. The summed E-state index contributed by atoms with van der Waals surface area (Å²) in [6.45, 7) is 1.63. The lowest BCUT2D eigenvalue weighted by Gasteiger charge is -2.37. The van der Waals surface area contributed by atoms with Gasteiger partial charge >= 0.3 is 5.97 Å². The fourth-order valence-corrected chi connectivity index (χ4v) is 6.91. The largest absolute Gasteiger partial charge is 0.492 e. The van der Waals surface area contributed by atoms with Gasteiger partial charge in [0.05, 0.1) is 40.9 Å². The summed E-state index contributed by atoms with van der Waals surface area (Å²) in [4.78, 5) is 35.3. The third-order valence-electron chi connectivity index (χ3n) is 7.80. The van der Waals surface area contributed by atoms with E-state index in [2.05, 4.69) is 9.97 Å². The van der Waals surface area contributed by atoms with Crippen molar-refractivity contribution < 1.29 is 32.6 Å². The number of fused-ring (bicyclic) bond motifs is 2. The van der Waals surface area contributed by atoms with E-state index >= 15 is 4.39 Å². The Morgan fingerprint density at radius 1 is 1.21 bits per heavy atom. The number of ether oxygens (including phenoxy) is 1. The summed E-state index contributed by atoms with van der Waals surface area (Å²) in [6.07, 6.45) is 1.76. The van der Waals surface area contributed by atoms with E-state index in [1.807, 2.05) is 4.90 Å². The minimum atomic E-state index is -3.86. The molecule has 2 aromatic heterocycles. The van der Waals surface area contributed by atoms with E-state index in [1.165, 1.54) is 13.3 Å². The number of carboxylic acids is 1.